The fourth-order valence-corrected chi connectivity index (χ4v) is 3.18. The van der Waals surface area contributed by atoms with Crippen molar-refractivity contribution in [3.8, 4) is 0 Å². The van der Waals surface area contributed by atoms with Gasteiger partial charge in [0.15, 0.2) is 0 Å². The lowest BCUT2D eigenvalue weighted by molar-refractivity contribution is 0.702. The fourth-order valence-electron chi connectivity index (χ4n) is 3.18. The summed E-state index contributed by atoms with van der Waals surface area (Å²) in [6, 6.07) is 16.6. The predicted molar refractivity (Wildman–Crippen MR) is 180 cm³/mol. The summed E-state index contributed by atoms with van der Waals surface area (Å²) in [5.74, 6) is 0.587. The predicted octanol–water partition coefficient (Wildman–Crippen LogP) is 10.2. The molecule has 3 N–H and O–H groups in total. The highest BCUT2D eigenvalue weighted by Crippen LogP contribution is 2.18. The normalized spacial score (nSPS) is 10.3. The highest BCUT2D eigenvalue weighted by Gasteiger charge is 1.99. The lowest BCUT2D eigenvalue weighted by Gasteiger charge is -2.10. The first kappa shape index (κ1) is 37.4. The van der Waals surface area contributed by atoms with Crippen LogP contribution < -0.4 is 16.0 Å². The zero-order valence-electron chi connectivity index (χ0n) is 25.6. The monoisotopic (exact) mass is 530 g/mol. The van der Waals surface area contributed by atoms with Crippen LogP contribution in [0.25, 0.3) is 0 Å². The van der Waals surface area contributed by atoms with Crippen molar-refractivity contribution >= 4 is 17.6 Å². The van der Waals surface area contributed by atoms with Crippen molar-refractivity contribution in [2.75, 3.05) is 17.2 Å². The van der Waals surface area contributed by atoms with Crippen molar-refractivity contribution in [3.63, 3.8) is 0 Å². The van der Waals surface area contributed by atoms with E-state index in [1.807, 2.05) is 44.3 Å². The van der Waals surface area contributed by atoms with Gasteiger partial charge < -0.3 is 16.0 Å². The van der Waals surface area contributed by atoms with Crippen LogP contribution in [0.5, 0.6) is 0 Å². The van der Waals surface area contributed by atoms with E-state index in [1.54, 1.807) is 0 Å². The number of aryl methyl sites for hydroxylation is 1. The number of hydrogen-bond donors (Lipinski definition) is 3. The van der Waals surface area contributed by atoms with Crippen LogP contribution in [0.2, 0.25) is 0 Å². The lowest BCUT2D eigenvalue weighted by Crippen LogP contribution is -2.16. The molecule has 4 heteroatoms. The number of unbranched alkanes of at least 4 members (excludes halogenated alkanes) is 3. The van der Waals surface area contributed by atoms with E-state index in [9.17, 15) is 0 Å². The number of allylic oxidation sites excluding steroid dienone is 3. The Balaban J connectivity index is 0. The molecule has 0 fully saturated rings. The fraction of sp³-hybridized carbons (Fsp3) is 0.343. The van der Waals surface area contributed by atoms with Gasteiger partial charge in [-0.15, -0.1) is 26.3 Å². The van der Waals surface area contributed by atoms with Crippen molar-refractivity contribution in [2.45, 2.75) is 73.6 Å². The van der Waals surface area contributed by atoms with E-state index in [1.165, 1.54) is 36.8 Å². The Hall–Kier alpha value is -3.79. The second-order valence-electron chi connectivity index (χ2n) is 8.99. The maximum Gasteiger partial charge on any atom is 0.123 e. The molecule has 2 rings (SSSR count). The molecule has 0 spiro atoms. The topological polar surface area (TPSA) is 48.5 Å². The zero-order chi connectivity index (χ0) is 30.1. The minimum atomic E-state index is 0.587. The van der Waals surface area contributed by atoms with E-state index >= 15 is 0 Å². The van der Waals surface area contributed by atoms with Crippen LogP contribution in [0, 0.1) is 6.92 Å². The molecule has 0 amide bonds. The minimum absolute atomic E-state index is 0.587. The first-order valence-electron chi connectivity index (χ1n) is 13.7. The molecular weight excluding hydrogens is 476 g/mol. The third kappa shape index (κ3) is 19.9. The molecule has 0 heterocycles. The van der Waals surface area contributed by atoms with Gasteiger partial charge in [-0.1, -0.05) is 88.6 Å². The number of aliphatic imine (C=N–C) groups is 1. The van der Waals surface area contributed by atoms with Gasteiger partial charge in [0.05, 0.1) is 0 Å². The van der Waals surface area contributed by atoms with Crippen LogP contribution in [-0.2, 0) is 6.42 Å². The maximum atomic E-state index is 4.44. The molecule has 4 nitrogen and oxygen atoms in total. The molecule has 0 aliphatic rings. The van der Waals surface area contributed by atoms with Gasteiger partial charge in [-0.2, -0.15) is 0 Å². The molecule has 0 aliphatic carbocycles. The molecule has 0 unspecified atom stereocenters. The quantitative estimate of drug-likeness (QED) is 0.137. The second-order valence-corrected chi connectivity index (χ2v) is 8.99. The van der Waals surface area contributed by atoms with Gasteiger partial charge >= 0.3 is 0 Å². The Kier molecular flexibility index (Phi) is 23.5. The lowest BCUT2D eigenvalue weighted by atomic mass is 10.1. The van der Waals surface area contributed by atoms with Crippen molar-refractivity contribution in [2.24, 2.45) is 4.99 Å². The Bertz CT molecular complexity index is 994. The van der Waals surface area contributed by atoms with Gasteiger partial charge in [-0.3, -0.25) is 0 Å². The van der Waals surface area contributed by atoms with Crippen LogP contribution in [-0.4, -0.2) is 12.8 Å². The molecule has 0 bridgehead atoms. The summed E-state index contributed by atoms with van der Waals surface area (Å²) in [7, 11) is 0. The van der Waals surface area contributed by atoms with Gasteiger partial charge in [0.2, 0.25) is 0 Å². The highest BCUT2D eigenvalue weighted by atomic mass is 15.0. The smallest absolute Gasteiger partial charge is 0.123 e. The Morgan fingerprint density at radius 2 is 1.36 bits per heavy atom. The molecule has 2 aromatic carbocycles. The molecule has 0 saturated heterocycles. The summed E-state index contributed by atoms with van der Waals surface area (Å²) >= 11 is 0. The van der Waals surface area contributed by atoms with Crippen molar-refractivity contribution in [1.29, 1.82) is 0 Å². The first-order chi connectivity index (χ1) is 18.7. The third-order valence-electron chi connectivity index (χ3n) is 5.40. The molecule has 0 saturated carbocycles. The number of nitrogens with zero attached hydrogens (tertiary/aromatic N) is 1. The summed E-state index contributed by atoms with van der Waals surface area (Å²) in [5.41, 5.74) is 7.61. The number of rotatable bonds is 13. The van der Waals surface area contributed by atoms with E-state index in [2.05, 4.69) is 112 Å². The third-order valence-corrected chi connectivity index (χ3v) is 5.40. The average molecular weight is 531 g/mol. The van der Waals surface area contributed by atoms with E-state index in [4.69, 9.17) is 0 Å². The van der Waals surface area contributed by atoms with Gasteiger partial charge in [0.1, 0.15) is 5.82 Å². The van der Waals surface area contributed by atoms with Gasteiger partial charge in [-0.25, -0.2) is 4.99 Å². The summed E-state index contributed by atoms with van der Waals surface area (Å²) in [4.78, 5) is 4.44. The SMILES string of the molecule is C=C.C=C.C=C(C)Nc1cccc(NC(=C)/N=C\C(C)=C(/C)NCCc2ccc(C)cc2)c1.CCCCCC. The van der Waals surface area contributed by atoms with Crippen LogP contribution in [0.4, 0.5) is 11.4 Å². The Labute approximate surface area is 240 Å². The number of hydrogen-bond acceptors (Lipinski definition) is 4. The summed E-state index contributed by atoms with van der Waals surface area (Å²) in [6.45, 7) is 33.4. The molecule has 214 valence electrons. The van der Waals surface area contributed by atoms with Gasteiger partial charge in [-0.05, 0) is 63.5 Å². The largest absolute Gasteiger partial charge is 0.388 e. The van der Waals surface area contributed by atoms with Crippen LogP contribution in [0.1, 0.15) is 71.4 Å². The van der Waals surface area contributed by atoms with Crippen molar-refractivity contribution < 1.29 is 0 Å². The molecule has 2 aromatic rings. The number of benzene rings is 2. The summed E-state index contributed by atoms with van der Waals surface area (Å²) < 4.78 is 0. The standard InChI is InChI=1S/C25H32N4.C6H14.2C2H4/c1-18(2)28-24-8-7-9-25(16-24)29-22(6)27-17-20(4)21(5)26-15-14-23-12-10-19(3)11-13-23;1-3-5-6-4-2;2*1-2/h7-13,16-17,26,28-29H,1,6,14-15H2,2-5H3;3-6H2,1-2H3;2*1-2H2/b21-20+,27-17-;;;. The average Bonchev–Trinajstić information content (AvgIpc) is 2.94. The zero-order valence-corrected chi connectivity index (χ0v) is 25.6. The summed E-state index contributed by atoms with van der Waals surface area (Å²) in [6.07, 6.45) is 8.36. The highest BCUT2D eigenvalue weighted by molar-refractivity contribution is 5.79. The van der Waals surface area contributed by atoms with E-state index in [0.29, 0.717) is 5.82 Å². The Morgan fingerprint density at radius 3 is 1.87 bits per heavy atom. The molecule has 0 aromatic heterocycles. The Morgan fingerprint density at radius 1 is 0.821 bits per heavy atom. The van der Waals surface area contributed by atoms with E-state index in [-0.39, 0.29) is 0 Å². The van der Waals surface area contributed by atoms with Crippen molar-refractivity contribution in [1.82, 2.24) is 5.32 Å². The molecule has 0 atom stereocenters. The number of nitrogens with one attached hydrogen (secondary N) is 3. The number of anilines is 2. The molecular formula is C35H54N4. The van der Waals surface area contributed by atoms with E-state index in [0.717, 1.165) is 41.3 Å². The van der Waals surface area contributed by atoms with Crippen molar-refractivity contribution in [3.05, 3.63) is 122 Å². The van der Waals surface area contributed by atoms with Gasteiger partial charge in [0, 0.05) is 35.5 Å². The molecule has 0 aliphatic heterocycles. The minimum Gasteiger partial charge on any atom is -0.388 e. The van der Waals surface area contributed by atoms with Gasteiger partial charge in [0.25, 0.3) is 0 Å². The van der Waals surface area contributed by atoms with Crippen LogP contribution in [0.3, 0.4) is 0 Å². The van der Waals surface area contributed by atoms with Crippen LogP contribution >= 0.6 is 0 Å². The second kappa shape index (κ2) is 24.5. The maximum absolute atomic E-state index is 4.44. The molecule has 0 radical (unpaired) electrons. The van der Waals surface area contributed by atoms with Crippen LogP contribution in [0.15, 0.2) is 116 Å². The first-order valence-corrected chi connectivity index (χ1v) is 13.7. The van der Waals surface area contributed by atoms with E-state index < -0.39 is 0 Å². The summed E-state index contributed by atoms with van der Waals surface area (Å²) in [5, 5.41) is 9.88. The molecule has 39 heavy (non-hydrogen) atoms.